The van der Waals surface area contributed by atoms with Crippen molar-refractivity contribution in [2.45, 2.75) is 56.9 Å². The zero-order valence-electron chi connectivity index (χ0n) is 22.9. The Morgan fingerprint density at radius 3 is 2.12 bits per heavy atom. The fourth-order valence-electron chi connectivity index (χ4n) is 4.49. The first-order chi connectivity index (χ1) is 19.9. The number of rotatable bonds is 9. The molecule has 0 radical (unpaired) electrons. The van der Waals surface area contributed by atoms with Crippen LogP contribution in [0.4, 0.5) is 26.3 Å². The zero-order valence-corrected chi connectivity index (χ0v) is 22.9. The van der Waals surface area contributed by atoms with Crippen LogP contribution in [0.3, 0.4) is 0 Å². The Kier molecular flexibility index (Phi) is 9.55. The molecule has 1 aromatic heterocycles. The summed E-state index contributed by atoms with van der Waals surface area (Å²) in [5.41, 5.74) is -1.75. The molecular weight excluding hydrogens is 574 g/mol. The highest BCUT2D eigenvalue weighted by Gasteiger charge is 2.48. The third kappa shape index (κ3) is 6.91. The Morgan fingerprint density at radius 1 is 0.929 bits per heavy atom. The van der Waals surface area contributed by atoms with Crippen LogP contribution in [0, 0.1) is 0 Å². The van der Waals surface area contributed by atoms with Gasteiger partial charge in [-0.2, -0.15) is 26.3 Å². The van der Waals surface area contributed by atoms with Gasteiger partial charge in [-0.25, -0.2) is 9.67 Å². The van der Waals surface area contributed by atoms with E-state index < -0.39 is 54.3 Å². The lowest BCUT2D eigenvalue weighted by atomic mass is 9.99. The van der Waals surface area contributed by atoms with Crippen LogP contribution >= 0.6 is 0 Å². The van der Waals surface area contributed by atoms with E-state index in [-0.39, 0.29) is 11.4 Å². The van der Waals surface area contributed by atoms with Gasteiger partial charge in [-0.15, -0.1) is 5.10 Å². The number of aromatic nitrogens is 3. The zero-order chi connectivity index (χ0) is 30.7. The van der Waals surface area contributed by atoms with Crippen LogP contribution < -0.4 is 0 Å². The second-order valence-electron chi connectivity index (χ2n) is 9.21. The number of methoxy groups -OCH3 is 2. The van der Waals surface area contributed by atoms with Crippen molar-refractivity contribution in [3.8, 4) is 17.1 Å². The van der Waals surface area contributed by atoms with E-state index in [1.807, 2.05) is 0 Å². The Hall–Kier alpha value is -3.53. The molecule has 5 atom stereocenters. The third-order valence-electron chi connectivity index (χ3n) is 6.51. The normalized spacial score (nSPS) is 23.7. The summed E-state index contributed by atoms with van der Waals surface area (Å²) in [6.07, 6.45) is -12.2. The molecule has 1 saturated heterocycles. The molecule has 4 rings (SSSR count). The molecule has 0 unspecified atom stereocenters. The first kappa shape index (κ1) is 31.4. The SMILES string of the molecule is CCO[C@@H]1[C@@H](OC)[C@H](C)O[C@@H](O/N=C(\c2ccc(-c3ncn(-c4ccc(C(F)(F)F)cc4)n3)cc2)C(F)(F)F)[C@@H]1OC. The van der Waals surface area contributed by atoms with Crippen molar-refractivity contribution in [3.05, 3.63) is 66.0 Å². The summed E-state index contributed by atoms with van der Waals surface area (Å²) >= 11 is 0. The van der Waals surface area contributed by atoms with Crippen LogP contribution in [-0.2, 0) is 30.0 Å². The van der Waals surface area contributed by atoms with Crippen molar-refractivity contribution in [1.82, 2.24) is 14.8 Å². The van der Waals surface area contributed by atoms with Crippen LogP contribution in [-0.4, -0.2) is 78.2 Å². The summed E-state index contributed by atoms with van der Waals surface area (Å²) < 4.78 is 104. The van der Waals surface area contributed by atoms with E-state index in [0.29, 0.717) is 17.9 Å². The molecule has 0 saturated carbocycles. The van der Waals surface area contributed by atoms with Gasteiger partial charge in [-0.3, -0.25) is 0 Å². The summed E-state index contributed by atoms with van der Waals surface area (Å²) in [6, 6.07) is 9.33. The molecule has 1 fully saturated rings. The topological polar surface area (TPSA) is 89.2 Å². The van der Waals surface area contributed by atoms with Gasteiger partial charge in [0.15, 0.2) is 17.6 Å². The molecule has 0 spiro atoms. The quantitative estimate of drug-likeness (QED) is 0.184. The maximum atomic E-state index is 14.0. The van der Waals surface area contributed by atoms with Gasteiger partial charge >= 0.3 is 12.4 Å². The van der Waals surface area contributed by atoms with Crippen LogP contribution in [0.1, 0.15) is 25.0 Å². The van der Waals surface area contributed by atoms with Crippen LogP contribution in [0.25, 0.3) is 17.1 Å². The van der Waals surface area contributed by atoms with Crippen LogP contribution in [0.2, 0.25) is 0 Å². The van der Waals surface area contributed by atoms with Gasteiger partial charge in [0.1, 0.15) is 18.5 Å². The summed E-state index contributed by atoms with van der Waals surface area (Å²) in [4.78, 5) is 9.37. The van der Waals surface area contributed by atoms with Crippen molar-refractivity contribution in [3.63, 3.8) is 0 Å². The van der Waals surface area contributed by atoms with E-state index in [1.54, 1.807) is 13.8 Å². The number of alkyl halides is 6. The van der Waals surface area contributed by atoms with Crippen LogP contribution in [0.5, 0.6) is 0 Å². The minimum absolute atomic E-state index is 0.144. The lowest BCUT2D eigenvalue weighted by molar-refractivity contribution is -0.308. The average Bonchev–Trinajstić information content (AvgIpc) is 3.43. The Balaban J connectivity index is 1.54. The first-order valence-corrected chi connectivity index (χ1v) is 12.7. The van der Waals surface area contributed by atoms with E-state index in [9.17, 15) is 26.3 Å². The minimum Gasteiger partial charge on any atom is -0.376 e. The number of hydrogen-bond acceptors (Lipinski definition) is 8. The van der Waals surface area contributed by atoms with E-state index >= 15 is 0 Å². The van der Waals surface area contributed by atoms with Gasteiger partial charge in [0.25, 0.3) is 6.29 Å². The number of benzene rings is 2. The summed E-state index contributed by atoms with van der Waals surface area (Å²) in [5, 5.41) is 7.63. The fraction of sp³-hybridized carbons (Fsp3) is 0.444. The molecule has 1 aliphatic rings. The van der Waals surface area contributed by atoms with Gasteiger partial charge in [0.2, 0.25) is 0 Å². The second kappa shape index (κ2) is 12.8. The highest BCUT2D eigenvalue weighted by Crippen LogP contribution is 2.31. The van der Waals surface area contributed by atoms with Gasteiger partial charge in [-0.05, 0) is 38.1 Å². The van der Waals surface area contributed by atoms with E-state index in [4.69, 9.17) is 23.8 Å². The lowest BCUT2D eigenvalue weighted by Crippen LogP contribution is -2.59. The highest BCUT2D eigenvalue weighted by atomic mass is 19.4. The lowest BCUT2D eigenvalue weighted by Gasteiger charge is -2.42. The largest absolute Gasteiger partial charge is 0.437 e. The number of halogens is 6. The average molecular weight is 603 g/mol. The molecule has 2 heterocycles. The molecule has 42 heavy (non-hydrogen) atoms. The number of ether oxygens (including phenoxy) is 4. The molecule has 2 aromatic carbocycles. The van der Waals surface area contributed by atoms with Crippen molar-refractivity contribution < 1.29 is 50.1 Å². The van der Waals surface area contributed by atoms with E-state index in [1.165, 1.54) is 61.6 Å². The predicted octanol–water partition coefficient (Wildman–Crippen LogP) is 5.42. The van der Waals surface area contributed by atoms with E-state index in [0.717, 1.165) is 12.1 Å². The Bertz CT molecular complexity index is 1340. The third-order valence-corrected chi connectivity index (χ3v) is 6.51. The van der Waals surface area contributed by atoms with Gasteiger partial charge in [-0.1, -0.05) is 29.4 Å². The van der Waals surface area contributed by atoms with E-state index in [2.05, 4.69) is 15.2 Å². The summed E-state index contributed by atoms with van der Waals surface area (Å²) in [7, 11) is 2.81. The molecule has 0 bridgehead atoms. The maximum Gasteiger partial charge on any atom is 0.437 e. The molecule has 0 aliphatic carbocycles. The molecule has 1 aliphatic heterocycles. The standard InChI is InChI=1S/C27H28F6N4O5/c1-5-40-21-20(38-3)15(2)41-25(22(21)39-4)42-36-23(27(31,32)33)16-6-8-17(9-7-16)24-34-14-37(35-24)19-12-10-18(11-13-19)26(28,29)30/h6-15,20-22,25H,5H2,1-4H3/b36-23+/t15-,20-,21+,22+,25-/m0/s1. The molecule has 228 valence electrons. The van der Waals surface area contributed by atoms with Crippen molar-refractivity contribution in [1.29, 1.82) is 0 Å². The second-order valence-corrected chi connectivity index (χ2v) is 9.21. The Labute approximate surface area is 237 Å². The smallest absolute Gasteiger partial charge is 0.376 e. The van der Waals surface area contributed by atoms with Gasteiger partial charge in [0, 0.05) is 32.0 Å². The molecule has 0 amide bonds. The van der Waals surface area contributed by atoms with Crippen molar-refractivity contribution in [2.24, 2.45) is 5.16 Å². The summed E-state index contributed by atoms with van der Waals surface area (Å²) in [5.74, 6) is 0.144. The predicted molar refractivity (Wildman–Crippen MR) is 137 cm³/mol. The summed E-state index contributed by atoms with van der Waals surface area (Å²) in [6.45, 7) is 3.72. The van der Waals surface area contributed by atoms with Crippen molar-refractivity contribution in [2.75, 3.05) is 20.8 Å². The monoisotopic (exact) mass is 602 g/mol. The molecule has 9 nitrogen and oxygen atoms in total. The minimum atomic E-state index is -4.89. The van der Waals surface area contributed by atoms with Crippen molar-refractivity contribution >= 4 is 5.71 Å². The molecule has 0 N–H and O–H groups in total. The highest BCUT2D eigenvalue weighted by molar-refractivity contribution is 6.04. The fourth-order valence-corrected chi connectivity index (χ4v) is 4.49. The van der Waals surface area contributed by atoms with Gasteiger partial charge in [0.05, 0.1) is 17.4 Å². The van der Waals surface area contributed by atoms with Gasteiger partial charge < -0.3 is 23.8 Å². The maximum absolute atomic E-state index is 14.0. The molecule has 3 aromatic rings. The number of hydrogen-bond donors (Lipinski definition) is 0. The molecular formula is C27H28F6N4O5. The number of oxime groups is 1. The number of nitrogens with zero attached hydrogens (tertiary/aromatic N) is 4. The van der Waals surface area contributed by atoms with Crippen LogP contribution in [0.15, 0.2) is 60.0 Å². The molecule has 15 heteroatoms. The first-order valence-electron chi connectivity index (χ1n) is 12.7. The Morgan fingerprint density at radius 2 is 1.57 bits per heavy atom.